The maximum Gasteiger partial charge on any atom is 0.317 e. The van der Waals surface area contributed by atoms with Crippen molar-refractivity contribution in [2.24, 2.45) is 17.8 Å². The topological polar surface area (TPSA) is 78.9 Å². The molecule has 120 valence electrons. The molecule has 0 aromatic heterocycles. The number of urea groups is 1. The predicted octanol–water partition coefficient (Wildman–Crippen LogP) is 1.56. The molecule has 2 N–H and O–H groups in total. The third-order valence-corrected chi connectivity index (χ3v) is 4.71. The van der Waals surface area contributed by atoms with Crippen LogP contribution in [0.5, 0.6) is 0 Å². The van der Waals surface area contributed by atoms with E-state index >= 15 is 0 Å². The molecule has 1 saturated heterocycles. The summed E-state index contributed by atoms with van der Waals surface area (Å²) in [6.45, 7) is 2.94. The van der Waals surface area contributed by atoms with Gasteiger partial charge in [-0.1, -0.05) is 0 Å². The lowest BCUT2D eigenvalue weighted by Gasteiger charge is -2.27. The maximum absolute atomic E-state index is 12.1. The molecule has 2 aliphatic rings. The van der Waals surface area contributed by atoms with Gasteiger partial charge < -0.3 is 20.1 Å². The molecule has 2 amide bonds. The van der Waals surface area contributed by atoms with Crippen LogP contribution in [-0.4, -0.2) is 55.4 Å². The van der Waals surface area contributed by atoms with Crippen LogP contribution in [0.4, 0.5) is 4.79 Å². The Morgan fingerprint density at radius 2 is 1.90 bits per heavy atom. The Bertz CT molecular complexity index is 367. The number of likely N-dealkylation sites (tertiary alicyclic amines) is 1. The molecule has 6 heteroatoms. The summed E-state index contributed by atoms with van der Waals surface area (Å²) in [5.74, 6) is -0.00208. The average Bonchev–Trinajstić information content (AvgIpc) is 2.94. The number of nitrogens with one attached hydrogen (secondary N) is 1. The molecule has 1 heterocycles. The zero-order valence-corrected chi connectivity index (χ0v) is 12.7. The number of hydrogen-bond donors (Lipinski definition) is 2. The van der Waals surface area contributed by atoms with Gasteiger partial charge in [-0.2, -0.15) is 0 Å². The molecule has 0 radical (unpaired) electrons. The van der Waals surface area contributed by atoms with Crippen LogP contribution in [0.3, 0.4) is 0 Å². The average molecular weight is 298 g/mol. The smallest absolute Gasteiger partial charge is 0.317 e. The number of hydrogen-bond acceptors (Lipinski definition) is 3. The molecule has 6 nitrogen and oxygen atoms in total. The third-order valence-electron chi connectivity index (χ3n) is 4.71. The number of aliphatic carboxylic acids is 1. The van der Waals surface area contributed by atoms with Crippen molar-refractivity contribution < 1.29 is 19.4 Å². The predicted molar refractivity (Wildman–Crippen MR) is 78.0 cm³/mol. The molecule has 1 atom stereocenters. The van der Waals surface area contributed by atoms with Crippen molar-refractivity contribution in [3.05, 3.63) is 0 Å². The van der Waals surface area contributed by atoms with Gasteiger partial charge in [0, 0.05) is 32.7 Å². The molecular formula is C15H26N2O4. The number of carbonyl (C=O) groups excluding carboxylic acids is 1. The zero-order chi connectivity index (χ0) is 15.2. The summed E-state index contributed by atoms with van der Waals surface area (Å²) in [4.78, 5) is 24.8. The van der Waals surface area contributed by atoms with Gasteiger partial charge in [0.2, 0.25) is 0 Å². The molecule has 0 bridgehead atoms. The fourth-order valence-corrected chi connectivity index (χ4v) is 3.35. The first kappa shape index (κ1) is 16.1. The number of ether oxygens (including phenoxy) is 1. The van der Waals surface area contributed by atoms with Crippen molar-refractivity contribution in [2.45, 2.75) is 32.1 Å². The summed E-state index contributed by atoms with van der Waals surface area (Å²) in [5.41, 5.74) is 0. The van der Waals surface area contributed by atoms with E-state index in [1.807, 2.05) is 4.90 Å². The number of carboxylic acids is 1. The Kier molecular flexibility index (Phi) is 5.85. The number of amides is 2. The van der Waals surface area contributed by atoms with Gasteiger partial charge in [-0.05, 0) is 38.0 Å². The monoisotopic (exact) mass is 298 g/mol. The molecule has 2 fully saturated rings. The first-order valence-electron chi connectivity index (χ1n) is 7.84. The normalized spacial score (nSPS) is 29.4. The molecule has 1 aliphatic heterocycles. The van der Waals surface area contributed by atoms with Gasteiger partial charge in [0.25, 0.3) is 0 Å². The van der Waals surface area contributed by atoms with Crippen LogP contribution in [-0.2, 0) is 9.53 Å². The van der Waals surface area contributed by atoms with E-state index in [-0.39, 0.29) is 11.9 Å². The van der Waals surface area contributed by atoms with E-state index in [4.69, 9.17) is 9.84 Å². The number of methoxy groups -OCH3 is 1. The van der Waals surface area contributed by atoms with Crippen molar-refractivity contribution in [3.63, 3.8) is 0 Å². The van der Waals surface area contributed by atoms with Gasteiger partial charge >= 0.3 is 12.0 Å². The second-order valence-corrected chi connectivity index (χ2v) is 6.30. The first-order chi connectivity index (χ1) is 10.1. The maximum atomic E-state index is 12.1. The third kappa shape index (κ3) is 4.59. The largest absolute Gasteiger partial charge is 0.481 e. The quantitative estimate of drug-likeness (QED) is 0.807. The Balaban J connectivity index is 1.65. The van der Waals surface area contributed by atoms with Gasteiger partial charge in [0.15, 0.2) is 0 Å². The molecule has 21 heavy (non-hydrogen) atoms. The van der Waals surface area contributed by atoms with Crippen LogP contribution < -0.4 is 5.32 Å². The van der Waals surface area contributed by atoms with Gasteiger partial charge in [-0.3, -0.25) is 4.79 Å². The second kappa shape index (κ2) is 7.64. The van der Waals surface area contributed by atoms with Crippen LogP contribution in [0.15, 0.2) is 0 Å². The van der Waals surface area contributed by atoms with Crippen LogP contribution in [0, 0.1) is 17.8 Å². The lowest BCUT2D eigenvalue weighted by molar-refractivity contribution is -0.143. The van der Waals surface area contributed by atoms with E-state index < -0.39 is 5.97 Å². The molecule has 1 unspecified atom stereocenters. The molecule has 0 aromatic rings. The molecule has 1 aliphatic carbocycles. The Hall–Kier alpha value is -1.30. The van der Waals surface area contributed by atoms with E-state index in [1.54, 1.807) is 7.11 Å². The fraction of sp³-hybridized carbons (Fsp3) is 0.867. The minimum absolute atomic E-state index is 0.00830. The summed E-state index contributed by atoms with van der Waals surface area (Å²) in [7, 11) is 1.69. The second-order valence-electron chi connectivity index (χ2n) is 6.30. The molecule has 0 aromatic carbocycles. The minimum atomic E-state index is -0.682. The SMILES string of the molecule is COCC1CCN(C(=O)NCC2CCC(C(=O)O)CC2)C1. The van der Waals surface area contributed by atoms with Crippen molar-refractivity contribution >= 4 is 12.0 Å². The van der Waals surface area contributed by atoms with Crippen LogP contribution >= 0.6 is 0 Å². The van der Waals surface area contributed by atoms with Gasteiger partial charge in [-0.25, -0.2) is 4.79 Å². The van der Waals surface area contributed by atoms with E-state index in [0.29, 0.717) is 25.0 Å². The molecule has 1 saturated carbocycles. The summed E-state index contributed by atoms with van der Waals surface area (Å²) < 4.78 is 5.13. The van der Waals surface area contributed by atoms with Gasteiger partial charge in [0.05, 0.1) is 12.5 Å². The summed E-state index contributed by atoms with van der Waals surface area (Å²) in [6.07, 6.45) is 4.25. The van der Waals surface area contributed by atoms with Crippen molar-refractivity contribution in [1.82, 2.24) is 10.2 Å². The molecular weight excluding hydrogens is 272 g/mol. The highest BCUT2D eigenvalue weighted by molar-refractivity contribution is 5.74. The van der Waals surface area contributed by atoms with E-state index in [2.05, 4.69) is 5.32 Å². The fourth-order valence-electron chi connectivity index (χ4n) is 3.35. The highest BCUT2D eigenvalue weighted by atomic mass is 16.5. The summed E-state index contributed by atoms with van der Waals surface area (Å²) >= 11 is 0. The Morgan fingerprint density at radius 1 is 1.19 bits per heavy atom. The van der Waals surface area contributed by atoms with Crippen molar-refractivity contribution in [2.75, 3.05) is 33.4 Å². The molecule has 0 spiro atoms. The lowest BCUT2D eigenvalue weighted by atomic mass is 9.82. The van der Waals surface area contributed by atoms with Gasteiger partial charge in [0.1, 0.15) is 0 Å². The number of carboxylic acid groups (broad SMARTS) is 1. The highest BCUT2D eigenvalue weighted by Crippen LogP contribution is 2.28. The number of carbonyl (C=O) groups is 2. The van der Waals surface area contributed by atoms with E-state index in [9.17, 15) is 9.59 Å². The van der Waals surface area contributed by atoms with Crippen LogP contribution in [0.25, 0.3) is 0 Å². The Labute approximate surface area is 125 Å². The Morgan fingerprint density at radius 3 is 2.52 bits per heavy atom. The standard InChI is InChI=1S/C15H26N2O4/c1-21-10-12-6-7-17(9-12)15(20)16-8-11-2-4-13(5-3-11)14(18)19/h11-13H,2-10H2,1H3,(H,16,20)(H,18,19). The summed E-state index contributed by atoms with van der Waals surface area (Å²) in [5, 5.41) is 12.0. The van der Waals surface area contributed by atoms with Crippen LogP contribution in [0.2, 0.25) is 0 Å². The van der Waals surface area contributed by atoms with Crippen molar-refractivity contribution in [3.8, 4) is 0 Å². The van der Waals surface area contributed by atoms with Crippen LogP contribution in [0.1, 0.15) is 32.1 Å². The first-order valence-corrected chi connectivity index (χ1v) is 7.84. The lowest BCUT2D eigenvalue weighted by Crippen LogP contribution is -2.41. The van der Waals surface area contributed by atoms with E-state index in [0.717, 1.165) is 45.2 Å². The molecule has 2 rings (SSSR count). The van der Waals surface area contributed by atoms with Crippen molar-refractivity contribution in [1.29, 1.82) is 0 Å². The minimum Gasteiger partial charge on any atom is -0.481 e. The van der Waals surface area contributed by atoms with E-state index in [1.165, 1.54) is 0 Å². The zero-order valence-electron chi connectivity index (χ0n) is 12.7. The number of nitrogens with zero attached hydrogens (tertiary/aromatic N) is 1. The van der Waals surface area contributed by atoms with Gasteiger partial charge in [-0.15, -0.1) is 0 Å². The summed E-state index contributed by atoms with van der Waals surface area (Å²) in [6, 6.07) is 0.00830. The highest BCUT2D eigenvalue weighted by Gasteiger charge is 2.28. The number of rotatable bonds is 5.